The number of hydrogen-bond acceptors (Lipinski definition) is 5. The Hall–Kier alpha value is -2.93. The average Bonchev–Trinajstić information content (AvgIpc) is 2.73. The van der Waals surface area contributed by atoms with E-state index in [4.69, 9.17) is 0 Å². The minimum absolute atomic E-state index is 0.0946. The minimum atomic E-state index is -0.489. The van der Waals surface area contributed by atoms with Crippen molar-refractivity contribution in [3.05, 3.63) is 69.3 Å². The zero-order valence-electron chi connectivity index (χ0n) is 17.1. The van der Waals surface area contributed by atoms with E-state index < -0.39 is 4.92 Å². The van der Waals surface area contributed by atoms with Crippen molar-refractivity contribution in [1.29, 1.82) is 0 Å². The normalized spacial score (nSPS) is 14.4. The third kappa shape index (κ3) is 5.54. The van der Waals surface area contributed by atoms with Gasteiger partial charge in [-0.25, -0.2) is 0 Å². The van der Waals surface area contributed by atoms with E-state index in [2.05, 4.69) is 22.3 Å². The highest BCUT2D eigenvalue weighted by Crippen LogP contribution is 2.24. The van der Waals surface area contributed by atoms with Crippen molar-refractivity contribution >= 4 is 17.3 Å². The Morgan fingerprint density at radius 1 is 1.07 bits per heavy atom. The number of nitrogens with zero attached hydrogens (tertiary/aromatic N) is 3. The average molecular weight is 396 g/mol. The number of benzene rings is 2. The zero-order valence-corrected chi connectivity index (χ0v) is 17.1. The highest BCUT2D eigenvalue weighted by molar-refractivity contribution is 6.00. The summed E-state index contributed by atoms with van der Waals surface area (Å²) in [5.74, 6) is -0.324. The van der Waals surface area contributed by atoms with Gasteiger partial charge >= 0.3 is 0 Å². The predicted octanol–water partition coefficient (Wildman–Crippen LogP) is 3.58. The topological polar surface area (TPSA) is 78.7 Å². The highest BCUT2D eigenvalue weighted by atomic mass is 16.6. The first-order chi connectivity index (χ1) is 13.9. The number of piperidine rings is 1. The Labute approximate surface area is 171 Å². The molecule has 1 aliphatic heterocycles. The molecule has 29 heavy (non-hydrogen) atoms. The fraction of sp³-hybridized carbons (Fsp3) is 0.409. The third-order valence-corrected chi connectivity index (χ3v) is 5.25. The molecule has 1 heterocycles. The molecule has 7 heteroatoms. The molecule has 2 aromatic carbocycles. The lowest BCUT2D eigenvalue weighted by Crippen LogP contribution is -2.29. The van der Waals surface area contributed by atoms with Crippen LogP contribution in [-0.4, -0.2) is 42.9 Å². The molecule has 0 aliphatic carbocycles. The lowest BCUT2D eigenvalue weighted by molar-refractivity contribution is -0.384. The van der Waals surface area contributed by atoms with Gasteiger partial charge in [-0.2, -0.15) is 0 Å². The van der Waals surface area contributed by atoms with Gasteiger partial charge in [-0.15, -0.1) is 0 Å². The Balaban J connectivity index is 1.63. The van der Waals surface area contributed by atoms with Crippen LogP contribution in [0.15, 0.2) is 42.5 Å². The number of likely N-dealkylation sites (tertiary alicyclic amines) is 1. The zero-order chi connectivity index (χ0) is 20.8. The first kappa shape index (κ1) is 20.8. The number of carbonyl (C=O) groups excluding carboxylic acids is 1. The van der Waals surface area contributed by atoms with Crippen molar-refractivity contribution in [1.82, 2.24) is 10.2 Å². The highest BCUT2D eigenvalue weighted by Gasteiger charge is 2.18. The summed E-state index contributed by atoms with van der Waals surface area (Å²) in [5.41, 5.74) is 3.12. The summed E-state index contributed by atoms with van der Waals surface area (Å²) in [6.07, 6.45) is 3.88. The maximum Gasteiger partial charge on any atom is 0.270 e. The van der Waals surface area contributed by atoms with E-state index in [9.17, 15) is 14.9 Å². The quantitative estimate of drug-likeness (QED) is 0.572. The largest absolute Gasteiger partial charge is 0.377 e. The maximum absolute atomic E-state index is 12.7. The van der Waals surface area contributed by atoms with Crippen LogP contribution in [0.2, 0.25) is 0 Å². The second-order valence-corrected chi connectivity index (χ2v) is 7.69. The van der Waals surface area contributed by atoms with E-state index >= 15 is 0 Å². The smallest absolute Gasteiger partial charge is 0.270 e. The second-order valence-electron chi connectivity index (χ2n) is 7.69. The summed E-state index contributed by atoms with van der Waals surface area (Å²) in [4.78, 5) is 27.5. The maximum atomic E-state index is 12.7. The number of non-ortho nitro benzene ring substituents is 1. The summed E-state index contributed by atoms with van der Waals surface area (Å²) in [7, 11) is 3.61. The number of nitro benzene ring substituents is 1. The lowest BCUT2D eigenvalue weighted by Gasteiger charge is -2.26. The first-order valence-corrected chi connectivity index (χ1v) is 9.98. The summed E-state index contributed by atoms with van der Waals surface area (Å²) >= 11 is 0. The monoisotopic (exact) mass is 396 g/mol. The molecule has 1 fully saturated rings. The molecular weight excluding hydrogens is 368 g/mol. The van der Waals surface area contributed by atoms with Crippen molar-refractivity contribution in [2.75, 3.05) is 32.1 Å². The molecule has 0 bridgehead atoms. The summed E-state index contributed by atoms with van der Waals surface area (Å²) in [6.45, 7) is 3.66. The van der Waals surface area contributed by atoms with Gasteiger partial charge in [0.25, 0.3) is 11.6 Å². The molecule has 154 valence electrons. The minimum Gasteiger partial charge on any atom is -0.377 e. The number of amides is 1. The molecule has 0 aromatic heterocycles. The molecule has 0 radical (unpaired) electrons. The molecule has 0 atom stereocenters. The number of nitro groups is 1. The number of hydrogen-bond donors (Lipinski definition) is 1. The van der Waals surface area contributed by atoms with Gasteiger partial charge in [0, 0.05) is 45.0 Å². The van der Waals surface area contributed by atoms with Crippen LogP contribution >= 0.6 is 0 Å². The fourth-order valence-corrected chi connectivity index (χ4v) is 3.63. The van der Waals surface area contributed by atoms with Crippen LogP contribution in [0.25, 0.3) is 0 Å². The molecule has 1 N–H and O–H groups in total. The van der Waals surface area contributed by atoms with Gasteiger partial charge in [-0.05, 0) is 43.1 Å². The second kappa shape index (κ2) is 9.52. The lowest BCUT2D eigenvalue weighted by atomic mass is 10.1. The fourth-order valence-electron chi connectivity index (χ4n) is 3.63. The molecular formula is C22H28N4O3. The molecule has 3 rings (SSSR count). The number of nitrogens with one attached hydrogen (secondary N) is 1. The van der Waals surface area contributed by atoms with Crippen LogP contribution in [0.3, 0.4) is 0 Å². The Bertz CT molecular complexity index is 859. The van der Waals surface area contributed by atoms with Crippen LogP contribution < -0.4 is 10.2 Å². The van der Waals surface area contributed by atoms with Crippen molar-refractivity contribution < 1.29 is 9.72 Å². The van der Waals surface area contributed by atoms with Gasteiger partial charge < -0.3 is 10.2 Å². The Kier molecular flexibility index (Phi) is 6.82. The standard InChI is InChI=1S/C22H28N4O3/c1-24(2)21-11-10-19(26(28)29)14-20(21)22(27)23-15-17-6-8-18(9-7-17)16-25-12-4-3-5-13-25/h6-11,14H,3-5,12-13,15-16H2,1-2H3,(H,23,27). The van der Waals surface area contributed by atoms with Crippen molar-refractivity contribution in [2.24, 2.45) is 0 Å². The van der Waals surface area contributed by atoms with Crippen molar-refractivity contribution in [3.63, 3.8) is 0 Å². The van der Waals surface area contributed by atoms with Crippen LogP contribution in [0.4, 0.5) is 11.4 Å². The van der Waals surface area contributed by atoms with Crippen LogP contribution in [0.1, 0.15) is 40.7 Å². The van der Waals surface area contributed by atoms with Crippen LogP contribution in [0.5, 0.6) is 0 Å². The third-order valence-electron chi connectivity index (χ3n) is 5.25. The number of rotatable bonds is 7. The Morgan fingerprint density at radius 2 is 1.72 bits per heavy atom. The summed E-state index contributed by atoms with van der Waals surface area (Å²) < 4.78 is 0. The number of carbonyl (C=O) groups is 1. The van der Waals surface area contributed by atoms with Crippen molar-refractivity contribution in [3.8, 4) is 0 Å². The van der Waals surface area contributed by atoms with E-state index in [0.717, 1.165) is 25.2 Å². The predicted molar refractivity (Wildman–Crippen MR) is 114 cm³/mol. The van der Waals surface area contributed by atoms with E-state index in [-0.39, 0.29) is 11.6 Å². The molecule has 1 amide bonds. The molecule has 0 spiro atoms. The van der Waals surface area contributed by atoms with Gasteiger partial charge in [-0.3, -0.25) is 19.8 Å². The van der Waals surface area contributed by atoms with Gasteiger partial charge in [0.2, 0.25) is 0 Å². The summed E-state index contributed by atoms with van der Waals surface area (Å²) in [6, 6.07) is 12.6. The van der Waals surface area contributed by atoms with Crippen LogP contribution in [-0.2, 0) is 13.1 Å². The number of anilines is 1. The molecule has 7 nitrogen and oxygen atoms in total. The van der Waals surface area contributed by atoms with E-state index in [1.807, 2.05) is 12.1 Å². The molecule has 0 saturated carbocycles. The molecule has 1 saturated heterocycles. The van der Waals surface area contributed by atoms with Crippen molar-refractivity contribution in [2.45, 2.75) is 32.4 Å². The molecule has 1 aliphatic rings. The van der Waals surface area contributed by atoms with Gasteiger partial charge in [0.05, 0.1) is 10.5 Å². The van der Waals surface area contributed by atoms with Gasteiger partial charge in [-0.1, -0.05) is 30.7 Å². The van der Waals surface area contributed by atoms with E-state index in [1.54, 1.807) is 25.1 Å². The SMILES string of the molecule is CN(C)c1ccc([N+](=O)[O-])cc1C(=O)NCc1ccc(CN2CCCCC2)cc1. The van der Waals surface area contributed by atoms with Crippen LogP contribution in [0, 0.1) is 10.1 Å². The Morgan fingerprint density at radius 3 is 2.34 bits per heavy atom. The van der Waals surface area contributed by atoms with Gasteiger partial charge in [0.15, 0.2) is 0 Å². The van der Waals surface area contributed by atoms with E-state index in [1.165, 1.54) is 37.0 Å². The first-order valence-electron chi connectivity index (χ1n) is 9.98. The molecule has 2 aromatic rings. The van der Waals surface area contributed by atoms with E-state index in [0.29, 0.717) is 17.8 Å². The molecule has 0 unspecified atom stereocenters. The summed E-state index contributed by atoms with van der Waals surface area (Å²) in [5, 5.41) is 13.9. The van der Waals surface area contributed by atoms with Gasteiger partial charge in [0.1, 0.15) is 0 Å².